The highest BCUT2D eigenvalue weighted by atomic mass is 16.5. The maximum absolute atomic E-state index is 12.9. The molecule has 0 spiro atoms. The second-order valence-electron chi connectivity index (χ2n) is 17.9. The van der Waals surface area contributed by atoms with E-state index in [2.05, 4.69) is 141 Å². The smallest absolute Gasteiger partial charge is 0.343 e. The van der Waals surface area contributed by atoms with E-state index in [4.69, 9.17) is 18.9 Å². The molecule has 0 radical (unpaired) electrons. The van der Waals surface area contributed by atoms with Gasteiger partial charge in [0.25, 0.3) is 0 Å². The van der Waals surface area contributed by atoms with E-state index in [0.717, 1.165) is 112 Å². The lowest BCUT2D eigenvalue weighted by Crippen LogP contribution is -2.35. The average Bonchev–Trinajstić information content (AvgIpc) is 3.37. The summed E-state index contributed by atoms with van der Waals surface area (Å²) in [5.41, 5.74) is 8.35. The van der Waals surface area contributed by atoms with Gasteiger partial charge in [0, 0.05) is 35.5 Å². The lowest BCUT2D eigenvalue weighted by Gasteiger charge is -2.37. The Labute approximate surface area is 390 Å². The van der Waals surface area contributed by atoms with Crippen LogP contribution in [0.4, 0.5) is 5.69 Å². The van der Waals surface area contributed by atoms with Gasteiger partial charge in [-0.15, -0.1) is 0 Å². The summed E-state index contributed by atoms with van der Waals surface area (Å²) in [6.45, 7) is 10.3. The Morgan fingerprint density at radius 2 is 1.18 bits per heavy atom. The van der Waals surface area contributed by atoms with Gasteiger partial charge in [-0.05, 0) is 144 Å². The Balaban J connectivity index is 0.978. The number of benzene rings is 7. The summed E-state index contributed by atoms with van der Waals surface area (Å²) in [5, 5.41) is 2.30. The van der Waals surface area contributed by atoms with Crippen molar-refractivity contribution in [2.24, 2.45) is 5.92 Å². The summed E-state index contributed by atoms with van der Waals surface area (Å²) in [6.07, 6.45) is 13.7. The van der Waals surface area contributed by atoms with Crippen molar-refractivity contribution >= 4 is 28.5 Å². The standard InChI is InChI=1S/C60H61NO5/c1-4-6-8-11-41-64-52-32-24-49(25-33-52)60(48-22-26-50(27-23-48)61-38-35-43(3)36-39-61)37-34-56-54-12-9-10-13-55(54)57(42-58(56)66-60)46-16-14-44(15-17-46)45-18-30-53(31-19-45)65-59(62)47-20-28-51(29-21-47)63-40-7-5-2/h9-10,12-34,37,42-43H,4-8,11,35-36,38-41H2,1-3H3. The van der Waals surface area contributed by atoms with Crippen LogP contribution in [-0.2, 0) is 5.60 Å². The van der Waals surface area contributed by atoms with Gasteiger partial charge in [-0.3, -0.25) is 0 Å². The van der Waals surface area contributed by atoms with Gasteiger partial charge >= 0.3 is 5.97 Å². The summed E-state index contributed by atoms with van der Waals surface area (Å²) in [4.78, 5) is 15.5. The summed E-state index contributed by atoms with van der Waals surface area (Å²) >= 11 is 0. The fourth-order valence-electron chi connectivity index (χ4n) is 9.20. The van der Waals surface area contributed by atoms with E-state index in [1.54, 1.807) is 12.1 Å². The monoisotopic (exact) mass is 875 g/mol. The van der Waals surface area contributed by atoms with Crippen molar-refractivity contribution in [1.29, 1.82) is 0 Å². The van der Waals surface area contributed by atoms with Crippen LogP contribution >= 0.6 is 0 Å². The molecule has 0 amide bonds. The number of carbonyl (C=O) groups excluding carboxylic acids is 1. The molecule has 0 bridgehead atoms. The molecule has 7 aromatic rings. The van der Waals surface area contributed by atoms with Crippen LogP contribution in [0, 0.1) is 5.92 Å². The van der Waals surface area contributed by atoms with Crippen molar-refractivity contribution in [1.82, 2.24) is 0 Å². The molecule has 0 aromatic heterocycles. The molecule has 6 nitrogen and oxygen atoms in total. The number of hydrogen-bond acceptors (Lipinski definition) is 6. The van der Waals surface area contributed by atoms with Crippen LogP contribution in [0.25, 0.3) is 39.1 Å². The van der Waals surface area contributed by atoms with Crippen molar-refractivity contribution in [3.63, 3.8) is 0 Å². The van der Waals surface area contributed by atoms with Gasteiger partial charge in [0.2, 0.25) is 0 Å². The van der Waals surface area contributed by atoms with E-state index in [0.29, 0.717) is 17.9 Å². The lowest BCUT2D eigenvalue weighted by atomic mass is 9.82. The topological polar surface area (TPSA) is 57.2 Å². The van der Waals surface area contributed by atoms with Crippen molar-refractivity contribution in [2.45, 2.75) is 77.7 Å². The number of rotatable bonds is 17. The number of anilines is 1. The number of nitrogens with zero attached hydrogens (tertiary/aromatic N) is 1. The molecule has 66 heavy (non-hydrogen) atoms. The SMILES string of the molecule is CCCCCCOc1ccc(C2(c3ccc(N4CCC(C)CC4)cc3)C=Cc3c(cc(-c4ccc(-c5ccc(OC(=O)c6ccc(OCCCC)cc6)cc5)cc4)c4ccccc34)O2)cc1. The third-order valence-corrected chi connectivity index (χ3v) is 13.2. The number of unbranched alkanes of at least 4 members (excludes halogenated alkanes) is 4. The summed E-state index contributed by atoms with van der Waals surface area (Å²) in [6, 6.07) is 51.8. The highest BCUT2D eigenvalue weighted by Gasteiger charge is 2.38. The molecule has 2 heterocycles. The summed E-state index contributed by atoms with van der Waals surface area (Å²) < 4.78 is 25.1. The van der Waals surface area contributed by atoms with E-state index >= 15 is 0 Å². The van der Waals surface area contributed by atoms with E-state index in [9.17, 15) is 4.79 Å². The normalized spacial score (nSPS) is 15.8. The average molecular weight is 876 g/mol. The largest absolute Gasteiger partial charge is 0.494 e. The van der Waals surface area contributed by atoms with Crippen LogP contribution < -0.4 is 23.8 Å². The Bertz CT molecular complexity index is 2730. The predicted octanol–water partition coefficient (Wildman–Crippen LogP) is 15.1. The zero-order chi connectivity index (χ0) is 45.3. The first kappa shape index (κ1) is 44.4. The third-order valence-electron chi connectivity index (χ3n) is 13.2. The van der Waals surface area contributed by atoms with Gasteiger partial charge in [-0.1, -0.05) is 131 Å². The number of fused-ring (bicyclic) bond motifs is 3. The molecule has 1 unspecified atom stereocenters. The Kier molecular flexibility index (Phi) is 13.9. The van der Waals surface area contributed by atoms with Crippen LogP contribution in [0.5, 0.6) is 23.0 Å². The first-order valence-electron chi connectivity index (χ1n) is 24.1. The van der Waals surface area contributed by atoms with Crippen LogP contribution in [0.2, 0.25) is 0 Å². The van der Waals surface area contributed by atoms with E-state index in [1.165, 1.54) is 37.8 Å². The third kappa shape index (κ3) is 9.89. The zero-order valence-electron chi connectivity index (χ0n) is 38.6. The molecule has 0 N–H and O–H groups in total. The molecule has 2 aliphatic heterocycles. The molecular weight excluding hydrogens is 815 g/mol. The predicted molar refractivity (Wildman–Crippen MR) is 270 cm³/mol. The Morgan fingerprint density at radius 1 is 0.621 bits per heavy atom. The molecule has 0 saturated carbocycles. The van der Waals surface area contributed by atoms with Crippen LogP contribution in [0.3, 0.4) is 0 Å². The first-order valence-corrected chi connectivity index (χ1v) is 24.1. The summed E-state index contributed by atoms with van der Waals surface area (Å²) in [7, 11) is 0. The number of ether oxygens (including phenoxy) is 4. The van der Waals surface area contributed by atoms with Crippen LogP contribution in [0.1, 0.15) is 99.2 Å². The fraction of sp³-hybridized carbons (Fsp3) is 0.283. The Hall–Kier alpha value is -6.79. The molecule has 336 valence electrons. The Morgan fingerprint density at radius 3 is 1.83 bits per heavy atom. The summed E-state index contributed by atoms with van der Waals surface area (Å²) in [5.74, 6) is 3.32. The van der Waals surface area contributed by atoms with E-state index in [-0.39, 0.29) is 0 Å². The van der Waals surface area contributed by atoms with Crippen molar-refractivity contribution in [2.75, 3.05) is 31.2 Å². The highest BCUT2D eigenvalue weighted by molar-refractivity contribution is 6.03. The molecule has 1 saturated heterocycles. The molecule has 7 aromatic carbocycles. The fourth-order valence-corrected chi connectivity index (χ4v) is 9.20. The van der Waals surface area contributed by atoms with Gasteiger partial charge < -0.3 is 23.8 Å². The van der Waals surface area contributed by atoms with Crippen LogP contribution in [-0.4, -0.2) is 32.3 Å². The van der Waals surface area contributed by atoms with Crippen LogP contribution in [0.15, 0.2) is 158 Å². The second kappa shape index (κ2) is 20.6. The van der Waals surface area contributed by atoms with Gasteiger partial charge in [0.15, 0.2) is 5.60 Å². The number of esters is 1. The second-order valence-corrected chi connectivity index (χ2v) is 17.9. The van der Waals surface area contributed by atoms with Crippen molar-refractivity contribution in [3.05, 3.63) is 180 Å². The van der Waals surface area contributed by atoms with Crippen molar-refractivity contribution < 1.29 is 23.7 Å². The molecular formula is C60H61NO5. The maximum atomic E-state index is 12.9. The minimum atomic E-state index is -0.862. The molecule has 9 rings (SSSR count). The number of hydrogen-bond donors (Lipinski definition) is 0. The quantitative estimate of drug-likeness (QED) is 0.0516. The molecule has 0 aliphatic carbocycles. The number of carbonyl (C=O) groups is 1. The highest BCUT2D eigenvalue weighted by Crippen LogP contribution is 2.47. The lowest BCUT2D eigenvalue weighted by molar-refractivity contribution is 0.0734. The van der Waals surface area contributed by atoms with Gasteiger partial charge in [0.1, 0.15) is 23.0 Å². The van der Waals surface area contributed by atoms with Gasteiger partial charge in [0.05, 0.1) is 18.8 Å². The number of piperidine rings is 1. The molecule has 2 aliphatic rings. The van der Waals surface area contributed by atoms with E-state index < -0.39 is 11.6 Å². The molecule has 1 fully saturated rings. The minimum Gasteiger partial charge on any atom is -0.494 e. The minimum absolute atomic E-state index is 0.405. The molecule has 1 atom stereocenters. The van der Waals surface area contributed by atoms with Crippen molar-refractivity contribution in [3.8, 4) is 45.3 Å². The molecule has 6 heteroatoms. The van der Waals surface area contributed by atoms with Gasteiger partial charge in [-0.25, -0.2) is 4.79 Å². The van der Waals surface area contributed by atoms with E-state index in [1.807, 2.05) is 36.4 Å². The van der Waals surface area contributed by atoms with Gasteiger partial charge in [-0.2, -0.15) is 0 Å². The first-order chi connectivity index (χ1) is 32.4. The maximum Gasteiger partial charge on any atom is 0.343 e. The zero-order valence-corrected chi connectivity index (χ0v) is 38.6.